The quantitative estimate of drug-likeness (QED) is 0.489. The van der Waals surface area contributed by atoms with E-state index in [0.717, 1.165) is 0 Å². The normalized spacial score (nSPS) is 19.8. The predicted molar refractivity (Wildman–Crippen MR) is 86.4 cm³/mol. The molecule has 1 heteroatoms. The number of hydrogen-bond acceptors (Lipinski definition) is 1. The van der Waals surface area contributed by atoms with Crippen LogP contribution in [0.1, 0.15) is 91.9 Å². The lowest BCUT2D eigenvalue weighted by atomic mass is 10.1. The van der Waals surface area contributed by atoms with Crippen LogP contribution in [0, 0.1) is 0 Å². The van der Waals surface area contributed by atoms with Crippen molar-refractivity contribution in [3.8, 4) is 0 Å². The van der Waals surface area contributed by atoms with Crippen LogP contribution >= 0.6 is 0 Å². The van der Waals surface area contributed by atoms with Crippen LogP contribution in [-0.4, -0.2) is 25.0 Å². The highest BCUT2D eigenvalue weighted by molar-refractivity contribution is 4.58. The van der Waals surface area contributed by atoms with Gasteiger partial charge in [0.05, 0.1) is 0 Å². The Bertz CT molecular complexity index is 97.1. The van der Waals surface area contributed by atoms with Crippen molar-refractivity contribution in [2.75, 3.05) is 20.1 Å². The molecule has 0 bridgehead atoms. The largest absolute Gasteiger partial charge is 0.306 e. The monoisotopic (exact) mass is 257 g/mol. The fourth-order valence-corrected chi connectivity index (χ4v) is 2.29. The topological polar surface area (TPSA) is 3.24 Å². The Morgan fingerprint density at radius 1 is 0.444 bits per heavy atom. The molecule has 2 rings (SSSR count). The van der Waals surface area contributed by atoms with Crippen molar-refractivity contribution in [1.29, 1.82) is 0 Å². The lowest BCUT2D eigenvalue weighted by molar-refractivity contribution is 0.277. The third-order valence-electron chi connectivity index (χ3n) is 3.33. The van der Waals surface area contributed by atoms with Crippen molar-refractivity contribution in [3.05, 3.63) is 0 Å². The zero-order chi connectivity index (χ0) is 14.1. The van der Waals surface area contributed by atoms with Gasteiger partial charge < -0.3 is 4.90 Å². The summed E-state index contributed by atoms with van der Waals surface area (Å²) in [6.07, 6.45) is 14.8. The van der Waals surface area contributed by atoms with Crippen LogP contribution in [0.25, 0.3) is 0 Å². The van der Waals surface area contributed by atoms with Gasteiger partial charge in [-0.05, 0) is 33.0 Å². The molecule has 0 aromatic carbocycles. The van der Waals surface area contributed by atoms with E-state index in [9.17, 15) is 0 Å². The Hall–Kier alpha value is -0.0400. The van der Waals surface area contributed by atoms with Gasteiger partial charge in [-0.15, -0.1) is 0 Å². The molecule has 0 amide bonds. The number of rotatable bonds is 0. The van der Waals surface area contributed by atoms with Gasteiger partial charge in [-0.25, -0.2) is 0 Å². The molecule has 0 radical (unpaired) electrons. The van der Waals surface area contributed by atoms with Gasteiger partial charge in [0, 0.05) is 0 Å². The first-order valence-corrected chi connectivity index (χ1v) is 8.58. The van der Waals surface area contributed by atoms with Crippen LogP contribution in [0.3, 0.4) is 0 Å². The van der Waals surface area contributed by atoms with Gasteiger partial charge in [0.25, 0.3) is 0 Å². The Morgan fingerprint density at radius 2 is 0.667 bits per heavy atom. The van der Waals surface area contributed by atoms with E-state index in [-0.39, 0.29) is 0 Å². The summed E-state index contributed by atoms with van der Waals surface area (Å²) in [4.78, 5) is 2.39. The van der Waals surface area contributed by atoms with Gasteiger partial charge in [-0.2, -0.15) is 0 Å². The van der Waals surface area contributed by atoms with E-state index < -0.39 is 0 Å². The number of likely N-dealkylation sites (tertiary alicyclic amines) is 1. The summed E-state index contributed by atoms with van der Waals surface area (Å²) in [6, 6.07) is 0. The Morgan fingerprint density at radius 3 is 0.833 bits per heavy atom. The molecule has 1 heterocycles. The van der Waals surface area contributed by atoms with Gasteiger partial charge in [-0.1, -0.05) is 79.1 Å². The molecule has 2 fully saturated rings. The minimum atomic E-state index is 1.32. The summed E-state index contributed by atoms with van der Waals surface area (Å²) in [6.45, 7) is 10.6. The molecule has 18 heavy (non-hydrogen) atoms. The third-order valence-corrected chi connectivity index (χ3v) is 3.33. The van der Waals surface area contributed by atoms with Crippen LogP contribution in [0.4, 0.5) is 0 Å². The molecule has 0 N–H and O–H groups in total. The second kappa shape index (κ2) is 19.3. The summed E-state index contributed by atoms with van der Waals surface area (Å²) >= 11 is 0. The highest BCUT2D eigenvalue weighted by Gasteiger charge is 2.02. The SMILES string of the molecule is C1CCCCCC1.CC.CC.CN1CCCCC1. The zero-order valence-corrected chi connectivity index (χ0v) is 13.9. The standard InChI is InChI=1S/C7H14.C6H13N.2C2H6/c1-2-4-6-7-5-3-1;1-7-5-3-2-4-6-7;2*1-2/h1-7H2;2-6H2,1H3;2*1-2H3. The summed E-state index contributed by atoms with van der Waals surface area (Å²) in [5.41, 5.74) is 0. The van der Waals surface area contributed by atoms with Crippen LogP contribution in [0.15, 0.2) is 0 Å². The summed E-state index contributed by atoms with van der Waals surface area (Å²) in [7, 11) is 2.19. The van der Waals surface area contributed by atoms with Crippen molar-refractivity contribution < 1.29 is 0 Å². The van der Waals surface area contributed by atoms with Crippen LogP contribution in [0.2, 0.25) is 0 Å². The fraction of sp³-hybridized carbons (Fsp3) is 1.00. The van der Waals surface area contributed by atoms with Gasteiger partial charge in [0.2, 0.25) is 0 Å². The van der Waals surface area contributed by atoms with Crippen molar-refractivity contribution >= 4 is 0 Å². The van der Waals surface area contributed by atoms with Gasteiger partial charge in [0.1, 0.15) is 0 Å². The maximum atomic E-state index is 2.39. The molecular formula is C17H39N. The zero-order valence-electron chi connectivity index (χ0n) is 13.9. The molecule has 1 aliphatic carbocycles. The molecule has 2 aliphatic rings. The number of hydrogen-bond donors (Lipinski definition) is 0. The van der Waals surface area contributed by atoms with E-state index in [2.05, 4.69) is 11.9 Å². The lowest BCUT2D eigenvalue weighted by Crippen LogP contribution is -2.24. The van der Waals surface area contributed by atoms with E-state index in [1.165, 1.54) is 77.3 Å². The third kappa shape index (κ3) is 16.0. The lowest BCUT2D eigenvalue weighted by Gasteiger charge is -2.20. The molecule has 1 aliphatic heterocycles. The van der Waals surface area contributed by atoms with Crippen molar-refractivity contribution in [2.24, 2.45) is 0 Å². The maximum Gasteiger partial charge on any atom is -0.00218 e. The average molecular weight is 258 g/mol. The first-order chi connectivity index (χ1) is 8.89. The Labute approximate surface area is 117 Å². The first kappa shape index (κ1) is 20.3. The van der Waals surface area contributed by atoms with Crippen molar-refractivity contribution in [1.82, 2.24) is 4.90 Å². The first-order valence-electron chi connectivity index (χ1n) is 8.58. The highest BCUT2D eigenvalue weighted by Crippen LogP contribution is 2.15. The number of piperidine rings is 1. The number of nitrogens with zero attached hydrogens (tertiary/aromatic N) is 1. The molecule has 0 atom stereocenters. The molecule has 0 unspecified atom stereocenters. The van der Waals surface area contributed by atoms with E-state index in [1.807, 2.05) is 27.7 Å². The second-order valence-electron chi connectivity index (χ2n) is 4.84. The molecular weight excluding hydrogens is 218 g/mol. The van der Waals surface area contributed by atoms with Crippen LogP contribution in [-0.2, 0) is 0 Å². The average Bonchev–Trinajstić information content (AvgIpc) is 2.77. The van der Waals surface area contributed by atoms with Crippen molar-refractivity contribution in [2.45, 2.75) is 91.9 Å². The second-order valence-corrected chi connectivity index (χ2v) is 4.84. The predicted octanol–water partition coefficient (Wildman–Crippen LogP) is 5.89. The molecule has 0 aromatic heterocycles. The van der Waals surface area contributed by atoms with Crippen molar-refractivity contribution in [3.63, 3.8) is 0 Å². The molecule has 1 saturated carbocycles. The smallest absolute Gasteiger partial charge is 0.00218 e. The van der Waals surface area contributed by atoms with E-state index >= 15 is 0 Å². The van der Waals surface area contributed by atoms with Gasteiger partial charge >= 0.3 is 0 Å². The molecule has 0 spiro atoms. The van der Waals surface area contributed by atoms with E-state index in [0.29, 0.717) is 0 Å². The molecule has 1 nitrogen and oxygen atoms in total. The summed E-state index contributed by atoms with van der Waals surface area (Å²) in [5.74, 6) is 0. The van der Waals surface area contributed by atoms with Gasteiger partial charge in [-0.3, -0.25) is 0 Å². The molecule has 112 valence electrons. The van der Waals surface area contributed by atoms with Crippen LogP contribution in [0.5, 0.6) is 0 Å². The highest BCUT2D eigenvalue weighted by atomic mass is 15.1. The van der Waals surface area contributed by atoms with E-state index in [4.69, 9.17) is 0 Å². The fourth-order valence-electron chi connectivity index (χ4n) is 2.29. The Balaban J connectivity index is 0. The molecule has 0 aromatic rings. The van der Waals surface area contributed by atoms with E-state index in [1.54, 1.807) is 0 Å². The maximum absolute atomic E-state index is 2.39. The summed E-state index contributed by atoms with van der Waals surface area (Å²) in [5, 5.41) is 0. The van der Waals surface area contributed by atoms with Gasteiger partial charge in [0.15, 0.2) is 0 Å². The minimum absolute atomic E-state index is 1.32. The van der Waals surface area contributed by atoms with Crippen LogP contribution < -0.4 is 0 Å². The minimum Gasteiger partial charge on any atom is -0.306 e. The molecule has 1 saturated heterocycles. The summed E-state index contributed by atoms with van der Waals surface area (Å²) < 4.78 is 0. The Kier molecular flexibility index (Phi) is 21.7.